The second-order valence-electron chi connectivity index (χ2n) is 3.57. The van der Waals surface area contributed by atoms with Gasteiger partial charge in [-0.05, 0) is 45.2 Å². The normalized spacial score (nSPS) is 22.4. The molecule has 0 aromatic heterocycles. The van der Waals surface area contributed by atoms with E-state index in [1.165, 1.54) is 32.1 Å². The van der Waals surface area contributed by atoms with Crippen LogP contribution < -0.4 is 5.32 Å². The Bertz CT molecular complexity index is 115. The minimum Gasteiger partial charge on any atom is -0.378 e. The van der Waals surface area contributed by atoms with Crippen LogP contribution in [0.4, 0.5) is 0 Å². The minimum atomic E-state index is 0.568. The third kappa shape index (κ3) is 5.66. The lowest BCUT2D eigenvalue weighted by Gasteiger charge is -2.08. The van der Waals surface area contributed by atoms with Crippen LogP contribution in [0.2, 0.25) is 0 Å². The van der Waals surface area contributed by atoms with Crippen LogP contribution in [0, 0.1) is 0 Å². The van der Waals surface area contributed by atoms with Crippen LogP contribution in [0.5, 0.6) is 0 Å². The maximum Gasteiger partial charge on any atom is 0.0576 e. The fourth-order valence-electron chi connectivity index (χ4n) is 1.64. The summed E-state index contributed by atoms with van der Waals surface area (Å²) < 4.78 is 5.55. The molecule has 1 aliphatic heterocycles. The first-order valence-corrected chi connectivity index (χ1v) is 6.44. The molecule has 0 radical (unpaired) electrons. The van der Waals surface area contributed by atoms with Gasteiger partial charge in [0.2, 0.25) is 0 Å². The fourth-order valence-corrected chi connectivity index (χ4v) is 1.92. The maximum atomic E-state index is 5.55. The molecular formula is C10H20BrNO. The lowest BCUT2D eigenvalue weighted by atomic mass is 10.1. The Kier molecular flexibility index (Phi) is 6.86. The highest BCUT2D eigenvalue weighted by molar-refractivity contribution is 9.09. The summed E-state index contributed by atoms with van der Waals surface area (Å²) in [6, 6.07) is 0. The predicted octanol–water partition coefficient (Wildman–Crippen LogP) is 2.32. The van der Waals surface area contributed by atoms with Crippen molar-refractivity contribution >= 4 is 15.9 Å². The summed E-state index contributed by atoms with van der Waals surface area (Å²) in [5.41, 5.74) is 0. The summed E-state index contributed by atoms with van der Waals surface area (Å²) in [5, 5.41) is 4.53. The van der Waals surface area contributed by atoms with Crippen LogP contribution in [0.25, 0.3) is 0 Å². The fraction of sp³-hybridized carbons (Fsp3) is 1.00. The summed E-state index contributed by atoms with van der Waals surface area (Å²) in [7, 11) is 0. The zero-order chi connectivity index (χ0) is 9.36. The van der Waals surface area contributed by atoms with Crippen molar-refractivity contribution in [2.75, 3.05) is 25.0 Å². The number of rotatable bonds is 7. The molecule has 1 atom stereocenters. The van der Waals surface area contributed by atoms with Crippen LogP contribution in [0.15, 0.2) is 0 Å². The van der Waals surface area contributed by atoms with Gasteiger partial charge in [-0.3, -0.25) is 0 Å². The average Bonchev–Trinajstić information content (AvgIpc) is 2.63. The number of halogens is 1. The molecule has 0 aromatic rings. The molecular weight excluding hydrogens is 230 g/mol. The molecule has 1 aliphatic rings. The topological polar surface area (TPSA) is 21.3 Å². The minimum absolute atomic E-state index is 0.568. The molecule has 3 heteroatoms. The Labute approximate surface area is 89.5 Å². The first-order chi connectivity index (χ1) is 6.43. The number of ether oxygens (including phenoxy) is 1. The monoisotopic (exact) mass is 249 g/mol. The number of hydrogen-bond acceptors (Lipinski definition) is 2. The summed E-state index contributed by atoms with van der Waals surface area (Å²) >= 11 is 3.41. The Hall–Kier alpha value is 0.400. The van der Waals surface area contributed by atoms with Gasteiger partial charge in [0.15, 0.2) is 0 Å². The summed E-state index contributed by atoms with van der Waals surface area (Å²) in [6.45, 7) is 3.27. The van der Waals surface area contributed by atoms with Gasteiger partial charge < -0.3 is 10.1 Å². The van der Waals surface area contributed by atoms with Gasteiger partial charge in [-0.25, -0.2) is 0 Å². The first-order valence-electron chi connectivity index (χ1n) is 5.32. The molecule has 0 aliphatic carbocycles. The van der Waals surface area contributed by atoms with Crippen LogP contribution in [0.3, 0.4) is 0 Å². The van der Waals surface area contributed by atoms with E-state index in [1.54, 1.807) is 0 Å². The van der Waals surface area contributed by atoms with Crippen molar-refractivity contribution in [3.63, 3.8) is 0 Å². The molecule has 1 unspecified atom stereocenters. The third-order valence-corrected chi connectivity index (χ3v) is 2.95. The zero-order valence-electron chi connectivity index (χ0n) is 8.23. The molecule has 0 bridgehead atoms. The molecule has 2 nitrogen and oxygen atoms in total. The van der Waals surface area contributed by atoms with Crippen molar-refractivity contribution in [1.29, 1.82) is 0 Å². The van der Waals surface area contributed by atoms with Gasteiger partial charge >= 0.3 is 0 Å². The van der Waals surface area contributed by atoms with Gasteiger partial charge in [0.05, 0.1) is 6.10 Å². The van der Waals surface area contributed by atoms with E-state index >= 15 is 0 Å². The van der Waals surface area contributed by atoms with E-state index in [0.717, 1.165) is 25.0 Å². The van der Waals surface area contributed by atoms with Crippen LogP contribution >= 0.6 is 15.9 Å². The number of hydrogen-bond donors (Lipinski definition) is 1. The second kappa shape index (κ2) is 7.77. The van der Waals surface area contributed by atoms with Crippen molar-refractivity contribution in [3.8, 4) is 0 Å². The van der Waals surface area contributed by atoms with Crippen molar-refractivity contribution in [1.82, 2.24) is 5.32 Å². The van der Waals surface area contributed by atoms with E-state index in [0.29, 0.717) is 6.10 Å². The highest BCUT2D eigenvalue weighted by atomic mass is 79.9. The molecule has 0 saturated carbocycles. The summed E-state index contributed by atoms with van der Waals surface area (Å²) in [6.07, 6.45) is 6.83. The molecule has 78 valence electrons. The van der Waals surface area contributed by atoms with Gasteiger partial charge in [0.1, 0.15) is 0 Å². The quantitative estimate of drug-likeness (QED) is 0.553. The third-order valence-electron chi connectivity index (χ3n) is 2.39. The average molecular weight is 250 g/mol. The predicted molar refractivity (Wildman–Crippen MR) is 59.5 cm³/mol. The van der Waals surface area contributed by atoms with Crippen LogP contribution in [-0.2, 0) is 4.74 Å². The number of alkyl halides is 1. The van der Waals surface area contributed by atoms with Gasteiger partial charge in [0, 0.05) is 11.9 Å². The van der Waals surface area contributed by atoms with Crippen molar-refractivity contribution in [2.45, 2.75) is 38.2 Å². The van der Waals surface area contributed by atoms with Crippen LogP contribution in [-0.4, -0.2) is 31.1 Å². The Morgan fingerprint density at radius 3 is 2.85 bits per heavy atom. The lowest BCUT2D eigenvalue weighted by molar-refractivity contribution is 0.102. The molecule has 13 heavy (non-hydrogen) atoms. The van der Waals surface area contributed by atoms with Gasteiger partial charge in [0.25, 0.3) is 0 Å². The van der Waals surface area contributed by atoms with Crippen molar-refractivity contribution in [2.24, 2.45) is 0 Å². The molecule has 1 saturated heterocycles. The van der Waals surface area contributed by atoms with Gasteiger partial charge in [-0.2, -0.15) is 0 Å². The summed E-state index contributed by atoms with van der Waals surface area (Å²) in [4.78, 5) is 0. The molecule has 0 amide bonds. The SMILES string of the molecule is BrCCCNCCCC1CCCO1. The maximum absolute atomic E-state index is 5.55. The van der Waals surface area contributed by atoms with E-state index in [2.05, 4.69) is 21.2 Å². The first kappa shape index (κ1) is 11.5. The Balaban J connectivity index is 1.78. The largest absolute Gasteiger partial charge is 0.378 e. The Morgan fingerprint density at radius 2 is 2.15 bits per heavy atom. The zero-order valence-corrected chi connectivity index (χ0v) is 9.81. The lowest BCUT2D eigenvalue weighted by Crippen LogP contribution is -2.18. The van der Waals surface area contributed by atoms with E-state index in [4.69, 9.17) is 4.74 Å². The van der Waals surface area contributed by atoms with Crippen molar-refractivity contribution in [3.05, 3.63) is 0 Å². The summed E-state index contributed by atoms with van der Waals surface area (Å²) in [5.74, 6) is 0. The molecule has 0 aromatic carbocycles. The molecule has 1 heterocycles. The Morgan fingerprint density at radius 1 is 1.31 bits per heavy atom. The van der Waals surface area contributed by atoms with E-state index in [9.17, 15) is 0 Å². The molecule has 0 spiro atoms. The van der Waals surface area contributed by atoms with E-state index in [-0.39, 0.29) is 0 Å². The smallest absolute Gasteiger partial charge is 0.0576 e. The van der Waals surface area contributed by atoms with Gasteiger partial charge in [-0.15, -0.1) is 0 Å². The molecule has 1 fully saturated rings. The van der Waals surface area contributed by atoms with E-state index in [1.807, 2.05) is 0 Å². The number of nitrogens with one attached hydrogen (secondary N) is 1. The van der Waals surface area contributed by atoms with E-state index < -0.39 is 0 Å². The van der Waals surface area contributed by atoms with Crippen molar-refractivity contribution < 1.29 is 4.74 Å². The highest BCUT2D eigenvalue weighted by Gasteiger charge is 2.13. The highest BCUT2D eigenvalue weighted by Crippen LogP contribution is 2.16. The molecule has 1 N–H and O–H groups in total. The standard InChI is InChI=1S/C10H20BrNO/c11-6-3-8-12-7-1-4-10-5-2-9-13-10/h10,12H,1-9H2. The molecule has 1 rings (SSSR count). The second-order valence-corrected chi connectivity index (χ2v) is 4.36. The van der Waals surface area contributed by atoms with Crippen LogP contribution in [0.1, 0.15) is 32.1 Å². The van der Waals surface area contributed by atoms with Gasteiger partial charge in [-0.1, -0.05) is 15.9 Å².